The van der Waals surface area contributed by atoms with Crippen LogP contribution < -0.4 is 0 Å². The number of rotatable bonds is 3. The summed E-state index contributed by atoms with van der Waals surface area (Å²) in [6.45, 7) is 0. The van der Waals surface area contributed by atoms with Crippen LogP contribution in [0, 0.1) is 5.92 Å². The fraction of sp³-hybridized carbons (Fsp3) is 0.133. The summed E-state index contributed by atoms with van der Waals surface area (Å²) >= 11 is 5.03. The molecule has 0 saturated carbocycles. The van der Waals surface area contributed by atoms with E-state index in [1.54, 1.807) is 11.8 Å². The van der Waals surface area contributed by atoms with Gasteiger partial charge in [0.05, 0.1) is 11.5 Å². The predicted octanol–water partition coefficient (Wildman–Crippen LogP) is 3.66. The smallest absolute Gasteiger partial charge is 0.260 e. The Hall–Kier alpha value is -1.46. The van der Waals surface area contributed by atoms with E-state index in [9.17, 15) is 4.79 Å². The molecule has 2 aliphatic rings. The van der Waals surface area contributed by atoms with E-state index in [0.717, 1.165) is 15.1 Å². The van der Waals surface area contributed by atoms with Crippen molar-refractivity contribution in [3.05, 3.63) is 53.0 Å². The summed E-state index contributed by atoms with van der Waals surface area (Å²) in [5, 5.41) is 0. The van der Waals surface area contributed by atoms with Crippen LogP contribution in [0.1, 0.15) is 0 Å². The first-order valence-electron chi connectivity index (χ1n) is 6.15. The van der Waals surface area contributed by atoms with Gasteiger partial charge in [0.1, 0.15) is 11.8 Å². The number of nitrogens with zero attached hydrogens (tertiary/aromatic N) is 2. The zero-order chi connectivity index (χ0) is 13.9. The molecular formula is C15H11BrN2OS. The molecule has 20 heavy (non-hydrogen) atoms. The first-order chi connectivity index (χ1) is 9.72. The Kier molecular flexibility index (Phi) is 3.98. The molecule has 0 fully saturated rings. The summed E-state index contributed by atoms with van der Waals surface area (Å²) in [6, 6.07) is 8.04. The summed E-state index contributed by atoms with van der Waals surface area (Å²) < 4.78 is 1.05. The lowest BCUT2D eigenvalue weighted by Gasteiger charge is -2.17. The maximum atomic E-state index is 11.9. The monoisotopic (exact) mass is 346 g/mol. The number of fused-ring (bicyclic) bond motifs is 1. The number of carbonyl (C=O) groups excluding carboxylic acids is 1. The molecule has 1 amide bonds. The van der Waals surface area contributed by atoms with Crippen LogP contribution in [-0.4, -0.2) is 23.2 Å². The molecule has 3 rings (SSSR count). The topological polar surface area (TPSA) is 41.8 Å². The van der Waals surface area contributed by atoms with E-state index in [-0.39, 0.29) is 11.8 Å². The zero-order valence-corrected chi connectivity index (χ0v) is 12.9. The Morgan fingerprint density at radius 2 is 1.95 bits per heavy atom. The molecule has 0 N–H and O–H groups in total. The highest BCUT2D eigenvalue weighted by molar-refractivity contribution is 9.10. The van der Waals surface area contributed by atoms with Crippen molar-refractivity contribution in [1.29, 1.82) is 0 Å². The Bertz CT molecular complexity index is 659. The van der Waals surface area contributed by atoms with Crippen LogP contribution in [0.3, 0.4) is 0 Å². The second-order valence-electron chi connectivity index (χ2n) is 4.37. The summed E-state index contributed by atoms with van der Waals surface area (Å²) in [5.41, 5.74) is 0.791. The molecule has 5 heteroatoms. The number of amides is 1. The molecule has 0 aromatic heterocycles. The van der Waals surface area contributed by atoms with E-state index >= 15 is 0 Å². The van der Waals surface area contributed by atoms with Gasteiger partial charge in [0, 0.05) is 9.37 Å². The van der Waals surface area contributed by atoms with E-state index in [4.69, 9.17) is 0 Å². The number of carbonyl (C=O) groups is 1. The molecule has 1 aliphatic carbocycles. The van der Waals surface area contributed by atoms with Crippen molar-refractivity contribution in [2.75, 3.05) is 5.75 Å². The minimum absolute atomic E-state index is 0.123. The van der Waals surface area contributed by atoms with Crippen molar-refractivity contribution >= 4 is 45.1 Å². The van der Waals surface area contributed by atoms with Crippen molar-refractivity contribution < 1.29 is 4.79 Å². The third kappa shape index (κ3) is 2.99. The molecule has 1 aliphatic heterocycles. The average molecular weight is 347 g/mol. The summed E-state index contributed by atoms with van der Waals surface area (Å²) in [7, 11) is 0. The van der Waals surface area contributed by atoms with Crippen LogP contribution in [-0.2, 0) is 4.79 Å². The SMILES string of the molecule is O=C1N=C(CSc2ccc(Br)cc2)N=C2C=CC=CC12. The van der Waals surface area contributed by atoms with Crippen molar-refractivity contribution in [3.8, 4) is 0 Å². The maximum absolute atomic E-state index is 11.9. The maximum Gasteiger partial charge on any atom is 0.260 e. The lowest BCUT2D eigenvalue weighted by Crippen LogP contribution is -2.27. The fourth-order valence-electron chi connectivity index (χ4n) is 1.96. The Morgan fingerprint density at radius 1 is 1.15 bits per heavy atom. The number of amidine groups is 1. The number of hydrogen-bond acceptors (Lipinski definition) is 3. The van der Waals surface area contributed by atoms with Crippen molar-refractivity contribution in [3.63, 3.8) is 0 Å². The quantitative estimate of drug-likeness (QED) is 0.783. The Balaban J connectivity index is 1.71. The minimum Gasteiger partial charge on any atom is -0.271 e. The third-order valence-electron chi connectivity index (χ3n) is 2.95. The van der Waals surface area contributed by atoms with Crippen molar-refractivity contribution in [2.24, 2.45) is 15.9 Å². The van der Waals surface area contributed by atoms with Gasteiger partial charge in [-0.2, -0.15) is 4.99 Å². The summed E-state index contributed by atoms with van der Waals surface area (Å²) in [6.07, 6.45) is 7.47. The molecule has 0 bridgehead atoms. The van der Waals surface area contributed by atoms with Crippen LogP contribution in [0.4, 0.5) is 0 Å². The molecule has 0 spiro atoms. The average Bonchev–Trinajstić information content (AvgIpc) is 2.47. The largest absolute Gasteiger partial charge is 0.271 e. The molecule has 1 aromatic carbocycles. The van der Waals surface area contributed by atoms with E-state index in [0.29, 0.717) is 11.6 Å². The molecule has 0 saturated heterocycles. The van der Waals surface area contributed by atoms with Gasteiger partial charge in [-0.1, -0.05) is 34.2 Å². The van der Waals surface area contributed by atoms with Crippen LogP contribution >= 0.6 is 27.7 Å². The molecule has 1 unspecified atom stereocenters. The molecule has 1 aromatic rings. The van der Waals surface area contributed by atoms with E-state index < -0.39 is 0 Å². The third-order valence-corrected chi connectivity index (χ3v) is 4.48. The van der Waals surface area contributed by atoms with Gasteiger partial charge in [-0.3, -0.25) is 4.79 Å². The van der Waals surface area contributed by atoms with Gasteiger partial charge in [-0.15, -0.1) is 11.8 Å². The lowest BCUT2D eigenvalue weighted by atomic mass is 9.97. The van der Waals surface area contributed by atoms with Crippen LogP contribution in [0.2, 0.25) is 0 Å². The Labute approximate surface area is 129 Å². The number of aliphatic imine (C=N–C) groups is 2. The summed E-state index contributed by atoms with van der Waals surface area (Å²) in [5.74, 6) is 0.777. The van der Waals surface area contributed by atoms with Gasteiger partial charge in [0.25, 0.3) is 5.91 Å². The molecule has 100 valence electrons. The normalized spacial score (nSPS) is 20.4. The number of allylic oxidation sites excluding steroid dienone is 3. The van der Waals surface area contributed by atoms with Gasteiger partial charge in [-0.25, -0.2) is 4.99 Å². The van der Waals surface area contributed by atoms with Crippen molar-refractivity contribution in [2.45, 2.75) is 4.90 Å². The molecule has 3 nitrogen and oxygen atoms in total. The summed E-state index contributed by atoms with van der Waals surface area (Å²) in [4.78, 5) is 21.6. The van der Waals surface area contributed by atoms with Gasteiger partial charge in [0.2, 0.25) is 0 Å². The number of benzene rings is 1. The second-order valence-corrected chi connectivity index (χ2v) is 6.33. The zero-order valence-electron chi connectivity index (χ0n) is 10.5. The van der Waals surface area contributed by atoms with Gasteiger partial charge in [0.15, 0.2) is 0 Å². The highest BCUT2D eigenvalue weighted by Crippen LogP contribution is 2.23. The predicted molar refractivity (Wildman–Crippen MR) is 86.5 cm³/mol. The Morgan fingerprint density at radius 3 is 2.75 bits per heavy atom. The van der Waals surface area contributed by atoms with Gasteiger partial charge < -0.3 is 0 Å². The number of thioether (sulfide) groups is 1. The molecular weight excluding hydrogens is 336 g/mol. The molecule has 1 atom stereocenters. The highest BCUT2D eigenvalue weighted by atomic mass is 79.9. The number of halogens is 1. The van der Waals surface area contributed by atoms with Crippen LogP contribution in [0.25, 0.3) is 0 Å². The van der Waals surface area contributed by atoms with Crippen LogP contribution in [0.15, 0.2) is 67.9 Å². The van der Waals surface area contributed by atoms with E-state index in [1.807, 2.05) is 48.6 Å². The standard InChI is InChI=1S/C15H11BrN2OS/c16-10-5-7-11(8-6-10)20-9-14-17-13-4-2-1-3-12(13)15(19)18-14/h1-8,12H,9H2. The number of hydrogen-bond donors (Lipinski definition) is 0. The fourth-order valence-corrected chi connectivity index (χ4v) is 2.98. The first kappa shape index (κ1) is 13.5. The van der Waals surface area contributed by atoms with Crippen molar-refractivity contribution in [1.82, 2.24) is 0 Å². The minimum atomic E-state index is -0.290. The lowest BCUT2D eigenvalue weighted by molar-refractivity contribution is -0.118. The van der Waals surface area contributed by atoms with Crippen LogP contribution in [0.5, 0.6) is 0 Å². The van der Waals surface area contributed by atoms with Gasteiger partial charge in [-0.05, 0) is 30.3 Å². The first-order valence-corrected chi connectivity index (χ1v) is 7.93. The molecule has 0 radical (unpaired) electrons. The van der Waals surface area contributed by atoms with E-state index in [2.05, 4.69) is 25.9 Å². The second kappa shape index (κ2) is 5.89. The van der Waals surface area contributed by atoms with E-state index in [1.165, 1.54) is 0 Å². The van der Waals surface area contributed by atoms with Gasteiger partial charge >= 0.3 is 0 Å². The highest BCUT2D eigenvalue weighted by Gasteiger charge is 2.25. The molecule has 1 heterocycles.